The minimum atomic E-state index is -0.368. The fourth-order valence-electron chi connectivity index (χ4n) is 3.39. The number of hydrogen-bond acceptors (Lipinski definition) is 4. The zero-order chi connectivity index (χ0) is 17.9. The van der Waals surface area contributed by atoms with Crippen molar-refractivity contribution in [1.29, 1.82) is 0 Å². The summed E-state index contributed by atoms with van der Waals surface area (Å²) < 4.78 is 0. The summed E-state index contributed by atoms with van der Waals surface area (Å²) in [6, 6.07) is 7.71. The van der Waals surface area contributed by atoms with E-state index in [2.05, 4.69) is 29.4 Å². The Morgan fingerprint density at radius 1 is 1.28 bits per heavy atom. The number of nitrogens with one attached hydrogen (secondary N) is 2. The van der Waals surface area contributed by atoms with Crippen LogP contribution in [0.15, 0.2) is 29.2 Å². The largest absolute Gasteiger partial charge is 0.354 e. The van der Waals surface area contributed by atoms with Gasteiger partial charge in [-0.05, 0) is 51.9 Å². The fraction of sp³-hybridized carbons (Fsp3) is 0.579. The van der Waals surface area contributed by atoms with Gasteiger partial charge < -0.3 is 10.6 Å². The maximum absolute atomic E-state index is 12.4. The summed E-state index contributed by atoms with van der Waals surface area (Å²) in [6.45, 7) is 7.16. The van der Waals surface area contributed by atoms with Gasteiger partial charge in [0, 0.05) is 23.4 Å². The third-order valence-electron chi connectivity index (χ3n) is 5.01. The van der Waals surface area contributed by atoms with Gasteiger partial charge in [0.15, 0.2) is 0 Å². The number of rotatable bonds is 5. The van der Waals surface area contributed by atoms with Gasteiger partial charge in [-0.1, -0.05) is 18.6 Å². The van der Waals surface area contributed by atoms with E-state index >= 15 is 0 Å². The minimum absolute atomic E-state index is 0.0509. The summed E-state index contributed by atoms with van der Waals surface area (Å²) in [6.07, 6.45) is 3.97. The molecule has 2 aliphatic heterocycles. The molecule has 0 bridgehead atoms. The van der Waals surface area contributed by atoms with Crippen LogP contribution in [0.5, 0.6) is 0 Å². The van der Waals surface area contributed by atoms with Crippen molar-refractivity contribution in [2.24, 2.45) is 0 Å². The van der Waals surface area contributed by atoms with Gasteiger partial charge in [0.05, 0.1) is 10.9 Å². The SMILES string of the molecule is CC(C)(CNC(=O)CC1Sc2ccccc2NC1=O)N1CCCCC1. The second-order valence-electron chi connectivity index (χ2n) is 7.43. The Balaban J connectivity index is 1.51. The number of para-hydroxylation sites is 1. The van der Waals surface area contributed by atoms with Gasteiger partial charge in [-0.3, -0.25) is 14.5 Å². The molecule has 0 spiro atoms. The molecule has 0 radical (unpaired) electrons. The van der Waals surface area contributed by atoms with E-state index in [9.17, 15) is 9.59 Å². The summed E-state index contributed by atoms with van der Waals surface area (Å²) in [4.78, 5) is 28.1. The van der Waals surface area contributed by atoms with Gasteiger partial charge in [0.1, 0.15) is 0 Å². The van der Waals surface area contributed by atoms with Crippen LogP contribution in [0.4, 0.5) is 5.69 Å². The Morgan fingerprint density at radius 2 is 2.00 bits per heavy atom. The normalized spacial score (nSPS) is 21.4. The van der Waals surface area contributed by atoms with Crippen LogP contribution in [0, 0.1) is 0 Å². The molecule has 6 heteroatoms. The molecule has 0 saturated carbocycles. The van der Waals surface area contributed by atoms with Crippen LogP contribution in [0.3, 0.4) is 0 Å². The smallest absolute Gasteiger partial charge is 0.238 e. The van der Waals surface area contributed by atoms with Crippen LogP contribution in [-0.4, -0.2) is 47.1 Å². The molecule has 1 aromatic carbocycles. The lowest BCUT2D eigenvalue weighted by molar-refractivity contribution is -0.124. The quantitative estimate of drug-likeness (QED) is 0.847. The first-order chi connectivity index (χ1) is 12.0. The van der Waals surface area contributed by atoms with Crippen molar-refractivity contribution < 1.29 is 9.59 Å². The number of benzene rings is 1. The van der Waals surface area contributed by atoms with E-state index < -0.39 is 0 Å². The molecule has 0 aromatic heterocycles. The molecule has 1 unspecified atom stereocenters. The third-order valence-corrected chi connectivity index (χ3v) is 6.28. The van der Waals surface area contributed by atoms with Gasteiger partial charge in [0.2, 0.25) is 11.8 Å². The maximum Gasteiger partial charge on any atom is 0.238 e. The van der Waals surface area contributed by atoms with Crippen molar-refractivity contribution in [3.8, 4) is 0 Å². The number of amides is 2. The molecule has 5 nitrogen and oxygen atoms in total. The predicted molar refractivity (Wildman–Crippen MR) is 102 cm³/mol. The van der Waals surface area contributed by atoms with Crippen molar-refractivity contribution >= 4 is 29.3 Å². The first-order valence-electron chi connectivity index (χ1n) is 9.04. The fourth-order valence-corrected chi connectivity index (χ4v) is 4.50. The average molecular weight is 362 g/mol. The highest BCUT2D eigenvalue weighted by Crippen LogP contribution is 2.36. The van der Waals surface area contributed by atoms with Gasteiger partial charge in [0.25, 0.3) is 0 Å². The van der Waals surface area contributed by atoms with Gasteiger partial charge in [-0.15, -0.1) is 11.8 Å². The van der Waals surface area contributed by atoms with E-state index in [1.165, 1.54) is 31.0 Å². The lowest BCUT2D eigenvalue weighted by Gasteiger charge is -2.41. The molecule has 1 aromatic rings. The van der Waals surface area contributed by atoms with E-state index in [1.54, 1.807) is 0 Å². The zero-order valence-electron chi connectivity index (χ0n) is 15.0. The van der Waals surface area contributed by atoms with Crippen LogP contribution in [0.2, 0.25) is 0 Å². The van der Waals surface area contributed by atoms with Crippen LogP contribution < -0.4 is 10.6 Å². The average Bonchev–Trinajstić information content (AvgIpc) is 2.61. The number of piperidine rings is 1. The molecule has 3 rings (SSSR count). The molecule has 1 saturated heterocycles. The summed E-state index contributed by atoms with van der Waals surface area (Å²) >= 11 is 1.47. The van der Waals surface area contributed by atoms with Crippen molar-refractivity contribution in [1.82, 2.24) is 10.2 Å². The van der Waals surface area contributed by atoms with E-state index in [0.29, 0.717) is 6.54 Å². The summed E-state index contributed by atoms with van der Waals surface area (Å²) in [7, 11) is 0. The van der Waals surface area contributed by atoms with E-state index in [-0.39, 0.29) is 29.0 Å². The third kappa shape index (κ3) is 4.55. The summed E-state index contributed by atoms with van der Waals surface area (Å²) in [5.74, 6) is -0.147. The molecule has 0 aliphatic carbocycles. The van der Waals surface area contributed by atoms with Gasteiger partial charge in [-0.25, -0.2) is 0 Å². The zero-order valence-corrected chi connectivity index (χ0v) is 15.8. The molecule has 136 valence electrons. The van der Waals surface area contributed by atoms with Gasteiger partial charge in [-0.2, -0.15) is 0 Å². The monoisotopic (exact) mass is 361 g/mol. The lowest BCUT2D eigenvalue weighted by atomic mass is 9.98. The van der Waals surface area contributed by atoms with Crippen LogP contribution in [0.1, 0.15) is 39.5 Å². The van der Waals surface area contributed by atoms with Crippen LogP contribution >= 0.6 is 11.8 Å². The van der Waals surface area contributed by atoms with E-state index in [4.69, 9.17) is 0 Å². The minimum Gasteiger partial charge on any atom is -0.354 e. The van der Waals surface area contributed by atoms with Crippen molar-refractivity contribution in [2.45, 2.75) is 55.2 Å². The van der Waals surface area contributed by atoms with Crippen molar-refractivity contribution in [3.05, 3.63) is 24.3 Å². The van der Waals surface area contributed by atoms with E-state index in [1.807, 2.05) is 24.3 Å². The molecule has 2 N–H and O–H groups in total. The first kappa shape index (κ1) is 18.3. The Morgan fingerprint density at radius 3 is 2.76 bits per heavy atom. The Labute approximate surface area is 153 Å². The second kappa shape index (κ2) is 7.79. The summed E-state index contributed by atoms with van der Waals surface area (Å²) in [5.41, 5.74) is 0.783. The number of fused-ring (bicyclic) bond motifs is 1. The maximum atomic E-state index is 12.4. The molecular formula is C19H27N3O2S. The molecular weight excluding hydrogens is 334 g/mol. The lowest BCUT2D eigenvalue weighted by Crippen LogP contribution is -2.53. The molecule has 25 heavy (non-hydrogen) atoms. The highest BCUT2D eigenvalue weighted by Gasteiger charge is 2.31. The van der Waals surface area contributed by atoms with Gasteiger partial charge >= 0.3 is 0 Å². The molecule has 2 heterocycles. The van der Waals surface area contributed by atoms with E-state index in [0.717, 1.165) is 23.7 Å². The topological polar surface area (TPSA) is 61.4 Å². The van der Waals surface area contributed by atoms with Crippen molar-refractivity contribution in [3.63, 3.8) is 0 Å². The number of carbonyl (C=O) groups is 2. The Kier molecular flexibility index (Phi) is 5.69. The number of hydrogen-bond donors (Lipinski definition) is 2. The number of anilines is 1. The summed E-state index contributed by atoms with van der Waals surface area (Å²) in [5, 5.41) is 5.56. The number of likely N-dealkylation sites (tertiary alicyclic amines) is 1. The number of nitrogens with zero attached hydrogens (tertiary/aromatic N) is 1. The predicted octanol–water partition coefficient (Wildman–Crippen LogP) is 2.87. The Bertz CT molecular complexity index is 641. The van der Waals surface area contributed by atoms with Crippen molar-refractivity contribution in [2.75, 3.05) is 25.0 Å². The molecule has 2 aliphatic rings. The standard InChI is InChI=1S/C19H27N3O2S/c1-19(2,22-10-6-3-7-11-22)13-20-17(23)12-16-18(24)21-14-8-4-5-9-15(14)25-16/h4-5,8-9,16H,3,6-7,10-13H2,1-2H3,(H,20,23)(H,21,24). The highest BCUT2D eigenvalue weighted by atomic mass is 32.2. The number of thioether (sulfide) groups is 1. The molecule has 1 fully saturated rings. The molecule has 1 atom stereocenters. The van der Waals surface area contributed by atoms with Crippen LogP contribution in [-0.2, 0) is 9.59 Å². The second-order valence-corrected chi connectivity index (χ2v) is 8.68. The number of carbonyl (C=O) groups excluding carboxylic acids is 2. The Hall–Kier alpha value is -1.53. The first-order valence-corrected chi connectivity index (χ1v) is 9.92. The van der Waals surface area contributed by atoms with Crippen LogP contribution in [0.25, 0.3) is 0 Å². The molecule has 2 amide bonds. The highest BCUT2D eigenvalue weighted by molar-refractivity contribution is 8.01.